The Morgan fingerprint density at radius 1 is 1.44 bits per heavy atom. The monoisotopic (exact) mass is 272 g/mol. The molecule has 0 aromatic heterocycles. The number of thioether (sulfide) groups is 1. The predicted octanol–water partition coefficient (Wildman–Crippen LogP) is 1.96. The van der Waals surface area contributed by atoms with Gasteiger partial charge in [0.25, 0.3) is 0 Å². The van der Waals surface area contributed by atoms with Crippen LogP contribution in [0.25, 0.3) is 0 Å². The van der Waals surface area contributed by atoms with Gasteiger partial charge in [0, 0.05) is 38.0 Å². The van der Waals surface area contributed by atoms with Gasteiger partial charge in [0.1, 0.15) is 0 Å². The number of hydrogen-bond donors (Lipinski definition) is 1. The largest absolute Gasteiger partial charge is 0.381 e. The van der Waals surface area contributed by atoms with Crippen LogP contribution in [0.1, 0.15) is 33.1 Å². The van der Waals surface area contributed by atoms with Crippen molar-refractivity contribution < 1.29 is 4.74 Å². The highest BCUT2D eigenvalue weighted by molar-refractivity contribution is 7.99. The summed E-state index contributed by atoms with van der Waals surface area (Å²) in [4.78, 5) is 2.67. The topological polar surface area (TPSA) is 38.5 Å². The van der Waals surface area contributed by atoms with Crippen molar-refractivity contribution in [1.82, 2.24) is 4.90 Å². The molecule has 0 aromatic rings. The van der Waals surface area contributed by atoms with Crippen LogP contribution in [0.2, 0.25) is 0 Å². The van der Waals surface area contributed by atoms with Crippen LogP contribution in [0, 0.1) is 5.41 Å². The number of methoxy groups -OCH3 is 1. The van der Waals surface area contributed by atoms with E-state index in [2.05, 4.69) is 30.5 Å². The van der Waals surface area contributed by atoms with Gasteiger partial charge in [0.2, 0.25) is 0 Å². The van der Waals surface area contributed by atoms with Gasteiger partial charge in [-0.25, -0.2) is 0 Å². The van der Waals surface area contributed by atoms with E-state index < -0.39 is 0 Å². The van der Waals surface area contributed by atoms with Crippen molar-refractivity contribution in [3.8, 4) is 0 Å². The Hall–Kier alpha value is 0.230. The molecular weight excluding hydrogens is 244 g/mol. The number of likely N-dealkylation sites (tertiary alicyclic amines) is 1. The quantitative estimate of drug-likeness (QED) is 0.852. The molecule has 2 fully saturated rings. The molecule has 106 valence electrons. The Bertz CT molecular complexity index is 273. The molecule has 4 heteroatoms. The zero-order valence-electron chi connectivity index (χ0n) is 12.0. The molecule has 0 saturated carbocycles. The van der Waals surface area contributed by atoms with Crippen LogP contribution in [0.15, 0.2) is 0 Å². The number of hydrogen-bond acceptors (Lipinski definition) is 4. The standard InChI is InChI=1S/C14H28N2OS/c1-14(2)7-12(9-18-10-14)16-5-4-13(17-3)6-11(16)8-15/h11-13H,4-10,15H2,1-3H3. The van der Waals surface area contributed by atoms with E-state index in [-0.39, 0.29) is 0 Å². The molecule has 2 aliphatic rings. The highest BCUT2D eigenvalue weighted by atomic mass is 32.2. The lowest BCUT2D eigenvalue weighted by atomic mass is 9.85. The minimum atomic E-state index is 0.416. The number of ether oxygens (including phenoxy) is 1. The van der Waals surface area contributed by atoms with E-state index in [0.717, 1.165) is 25.9 Å². The van der Waals surface area contributed by atoms with Crippen LogP contribution in [0.3, 0.4) is 0 Å². The zero-order valence-corrected chi connectivity index (χ0v) is 12.8. The Balaban J connectivity index is 1.98. The second kappa shape index (κ2) is 6.12. The summed E-state index contributed by atoms with van der Waals surface area (Å²) in [5, 5.41) is 0. The third-order valence-electron chi connectivity index (χ3n) is 4.38. The SMILES string of the molecule is COC1CCN(C2CSCC(C)(C)C2)C(CN)C1. The molecule has 2 aliphatic heterocycles. The van der Waals surface area contributed by atoms with Crippen molar-refractivity contribution >= 4 is 11.8 Å². The van der Waals surface area contributed by atoms with Gasteiger partial charge < -0.3 is 10.5 Å². The average Bonchev–Trinajstić information content (AvgIpc) is 2.36. The highest BCUT2D eigenvalue weighted by Gasteiger charge is 2.37. The maximum atomic E-state index is 5.98. The molecule has 2 rings (SSSR count). The number of rotatable bonds is 3. The average molecular weight is 272 g/mol. The van der Waals surface area contributed by atoms with Gasteiger partial charge in [0.15, 0.2) is 0 Å². The van der Waals surface area contributed by atoms with E-state index in [1.165, 1.54) is 17.9 Å². The lowest BCUT2D eigenvalue weighted by Crippen LogP contribution is -2.55. The lowest BCUT2D eigenvalue weighted by molar-refractivity contribution is -0.00740. The van der Waals surface area contributed by atoms with E-state index in [1.807, 2.05) is 7.11 Å². The second-order valence-electron chi connectivity index (χ2n) is 6.55. The van der Waals surface area contributed by atoms with Gasteiger partial charge in [0.05, 0.1) is 6.10 Å². The van der Waals surface area contributed by atoms with E-state index >= 15 is 0 Å². The van der Waals surface area contributed by atoms with Crippen molar-refractivity contribution in [2.45, 2.75) is 51.3 Å². The second-order valence-corrected chi connectivity index (χ2v) is 7.58. The maximum Gasteiger partial charge on any atom is 0.0599 e. The summed E-state index contributed by atoms with van der Waals surface area (Å²) < 4.78 is 5.51. The van der Waals surface area contributed by atoms with Gasteiger partial charge in [-0.15, -0.1) is 0 Å². The lowest BCUT2D eigenvalue weighted by Gasteiger charge is -2.47. The summed E-state index contributed by atoms with van der Waals surface area (Å²) in [5.41, 5.74) is 6.46. The zero-order chi connectivity index (χ0) is 13.2. The van der Waals surface area contributed by atoms with Gasteiger partial charge >= 0.3 is 0 Å². The summed E-state index contributed by atoms with van der Waals surface area (Å²) in [6.45, 7) is 6.71. The smallest absolute Gasteiger partial charge is 0.0599 e. The first-order chi connectivity index (χ1) is 8.55. The van der Waals surface area contributed by atoms with Gasteiger partial charge in [-0.2, -0.15) is 11.8 Å². The fourth-order valence-electron chi connectivity index (χ4n) is 3.40. The molecular formula is C14H28N2OS. The first-order valence-corrected chi connectivity index (χ1v) is 8.27. The highest BCUT2D eigenvalue weighted by Crippen LogP contribution is 2.37. The third kappa shape index (κ3) is 3.41. The molecule has 2 heterocycles. The molecule has 3 atom stereocenters. The van der Waals surface area contributed by atoms with Crippen molar-refractivity contribution in [3.63, 3.8) is 0 Å². The third-order valence-corrected chi connectivity index (χ3v) is 5.99. The molecule has 2 N–H and O–H groups in total. The van der Waals surface area contributed by atoms with Gasteiger partial charge in [-0.3, -0.25) is 4.90 Å². The summed E-state index contributed by atoms with van der Waals surface area (Å²) in [5.74, 6) is 2.57. The minimum Gasteiger partial charge on any atom is -0.381 e. The number of nitrogens with zero attached hydrogens (tertiary/aromatic N) is 1. The van der Waals surface area contributed by atoms with Crippen molar-refractivity contribution in [2.24, 2.45) is 11.1 Å². The molecule has 3 nitrogen and oxygen atoms in total. The van der Waals surface area contributed by atoms with Crippen molar-refractivity contribution in [1.29, 1.82) is 0 Å². The van der Waals surface area contributed by atoms with Gasteiger partial charge in [-0.05, 0) is 30.4 Å². The molecule has 18 heavy (non-hydrogen) atoms. The summed E-state index contributed by atoms with van der Waals surface area (Å²) in [7, 11) is 1.83. The Morgan fingerprint density at radius 2 is 2.22 bits per heavy atom. The van der Waals surface area contributed by atoms with E-state index in [9.17, 15) is 0 Å². The maximum absolute atomic E-state index is 5.98. The van der Waals surface area contributed by atoms with Crippen LogP contribution in [0.5, 0.6) is 0 Å². The normalized spacial score (nSPS) is 37.7. The fraction of sp³-hybridized carbons (Fsp3) is 1.00. The first kappa shape index (κ1) is 14.6. The molecule has 0 aromatic carbocycles. The summed E-state index contributed by atoms with van der Waals surface area (Å²) in [6.07, 6.45) is 4.00. The van der Waals surface area contributed by atoms with Crippen LogP contribution in [0.4, 0.5) is 0 Å². The van der Waals surface area contributed by atoms with Crippen molar-refractivity contribution in [3.05, 3.63) is 0 Å². The molecule has 0 aliphatic carbocycles. The fourth-order valence-corrected chi connectivity index (χ4v) is 4.77. The summed E-state index contributed by atoms with van der Waals surface area (Å²) >= 11 is 2.11. The molecule has 3 unspecified atom stereocenters. The molecule has 0 bridgehead atoms. The Kier molecular flexibility index (Phi) is 4.98. The molecule has 2 saturated heterocycles. The molecule has 0 radical (unpaired) electrons. The van der Waals surface area contributed by atoms with E-state index in [0.29, 0.717) is 23.6 Å². The van der Waals surface area contributed by atoms with Crippen LogP contribution in [-0.2, 0) is 4.74 Å². The van der Waals surface area contributed by atoms with Crippen LogP contribution >= 0.6 is 11.8 Å². The Labute approximate surface area is 116 Å². The van der Waals surface area contributed by atoms with Crippen molar-refractivity contribution in [2.75, 3.05) is 31.7 Å². The molecule has 0 spiro atoms. The number of piperidine rings is 1. The molecule has 0 amide bonds. The van der Waals surface area contributed by atoms with Crippen LogP contribution in [-0.4, -0.2) is 54.8 Å². The minimum absolute atomic E-state index is 0.416. The van der Waals surface area contributed by atoms with Gasteiger partial charge in [-0.1, -0.05) is 13.8 Å². The van der Waals surface area contributed by atoms with Crippen LogP contribution < -0.4 is 5.73 Å². The Morgan fingerprint density at radius 3 is 2.83 bits per heavy atom. The number of nitrogens with two attached hydrogens (primary N) is 1. The van der Waals surface area contributed by atoms with E-state index in [4.69, 9.17) is 10.5 Å². The predicted molar refractivity (Wildman–Crippen MR) is 79.1 cm³/mol. The van der Waals surface area contributed by atoms with E-state index in [1.54, 1.807) is 0 Å². The summed E-state index contributed by atoms with van der Waals surface area (Å²) in [6, 6.07) is 1.23. The first-order valence-electron chi connectivity index (χ1n) is 7.12.